The zero-order valence-corrected chi connectivity index (χ0v) is 12.9. The summed E-state index contributed by atoms with van der Waals surface area (Å²) in [6, 6.07) is 8.80. The predicted octanol–water partition coefficient (Wildman–Crippen LogP) is 1.93. The van der Waals surface area contributed by atoms with Crippen molar-refractivity contribution in [2.24, 2.45) is 0 Å². The monoisotopic (exact) mass is 307 g/mol. The van der Waals surface area contributed by atoms with Gasteiger partial charge in [-0.15, -0.1) is 0 Å². The molecule has 6 nitrogen and oxygen atoms in total. The van der Waals surface area contributed by atoms with Crippen molar-refractivity contribution in [3.8, 4) is 0 Å². The van der Waals surface area contributed by atoms with E-state index in [1.165, 1.54) is 4.90 Å². The summed E-state index contributed by atoms with van der Waals surface area (Å²) in [6.07, 6.45) is 0.589. The van der Waals surface area contributed by atoms with Crippen LogP contribution in [0.25, 0.3) is 0 Å². The molecule has 0 aliphatic heterocycles. The van der Waals surface area contributed by atoms with E-state index < -0.39 is 11.9 Å². The molecular weight excluding hydrogens is 286 g/mol. The van der Waals surface area contributed by atoms with Crippen LogP contribution in [0.3, 0.4) is 0 Å². The predicted molar refractivity (Wildman–Crippen MR) is 81.3 cm³/mol. The molecule has 1 rings (SSSR count). The lowest BCUT2D eigenvalue weighted by Crippen LogP contribution is -2.38. The van der Waals surface area contributed by atoms with E-state index in [1.54, 1.807) is 38.1 Å². The van der Waals surface area contributed by atoms with Gasteiger partial charge in [-0.25, -0.2) is 4.79 Å². The number of anilines is 1. The highest BCUT2D eigenvalue weighted by atomic mass is 16.5. The Kier molecular flexibility index (Phi) is 7.67. The highest BCUT2D eigenvalue weighted by molar-refractivity contribution is 6.38. The molecule has 0 radical (unpaired) electrons. The van der Waals surface area contributed by atoms with Gasteiger partial charge in [0.05, 0.1) is 13.2 Å². The zero-order chi connectivity index (χ0) is 16.4. The van der Waals surface area contributed by atoms with E-state index in [9.17, 15) is 14.4 Å². The minimum absolute atomic E-state index is 0.135. The van der Waals surface area contributed by atoms with Crippen molar-refractivity contribution < 1.29 is 23.9 Å². The first-order chi connectivity index (χ1) is 10.6. The number of esters is 2. The highest BCUT2D eigenvalue weighted by Gasteiger charge is 2.24. The molecule has 1 aromatic rings. The largest absolute Gasteiger partial charge is 0.466 e. The lowest BCUT2D eigenvalue weighted by molar-refractivity contribution is -0.153. The lowest BCUT2D eigenvalue weighted by Gasteiger charge is -2.21. The van der Waals surface area contributed by atoms with Gasteiger partial charge in [-0.3, -0.25) is 9.59 Å². The van der Waals surface area contributed by atoms with Gasteiger partial charge in [0.25, 0.3) is 0 Å². The van der Waals surface area contributed by atoms with Crippen molar-refractivity contribution in [2.45, 2.75) is 26.7 Å². The first-order valence-electron chi connectivity index (χ1n) is 7.29. The van der Waals surface area contributed by atoms with Crippen LogP contribution in [-0.4, -0.2) is 37.6 Å². The number of hydrogen-bond donors (Lipinski definition) is 0. The van der Waals surface area contributed by atoms with Crippen LogP contribution in [0.5, 0.6) is 0 Å². The third kappa shape index (κ3) is 5.55. The molecule has 0 spiro atoms. The Hall–Kier alpha value is -2.37. The average molecular weight is 307 g/mol. The molecule has 6 heteroatoms. The summed E-state index contributed by atoms with van der Waals surface area (Å²) in [5.41, 5.74) is 0.587. The average Bonchev–Trinajstić information content (AvgIpc) is 2.52. The Morgan fingerprint density at radius 1 is 1.00 bits per heavy atom. The van der Waals surface area contributed by atoms with Crippen molar-refractivity contribution in [3.63, 3.8) is 0 Å². The van der Waals surface area contributed by atoms with Gasteiger partial charge in [0, 0.05) is 18.7 Å². The van der Waals surface area contributed by atoms with Gasteiger partial charge in [0.15, 0.2) is 0 Å². The molecule has 0 aliphatic rings. The maximum absolute atomic E-state index is 12.2. The standard InChI is InChI=1S/C16H21NO5/c1-3-21-14(18)11-8-12-17(13-9-6-5-7-10-13)15(19)16(20)22-4-2/h5-7,9-10H,3-4,8,11-12H2,1-2H3. The van der Waals surface area contributed by atoms with Gasteiger partial charge >= 0.3 is 17.8 Å². The maximum atomic E-state index is 12.2. The molecular formula is C16H21NO5. The molecule has 0 N–H and O–H groups in total. The van der Waals surface area contributed by atoms with Crippen LogP contribution in [0.2, 0.25) is 0 Å². The summed E-state index contributed by atoms with van der Waals surface area (Å²) >= 11 is 0. The summed E-state index contributed by atoms with van der Waals surface area (Å²) in [7, 11) is 0. The van der Waals surface area contributed by atoms with Crippen LogP contribution < -0.4 is 4.90 Å². The first kappa shape index (κ1) is 17.7. The molecule has 0 saturated heterocycles. The second-order valence-electron chi connectivity index (χ2n) is 4.42. The fourth-order valence-corrected chi connectivity index (χ4v) is 1.87. The van der Waals surface area contributed by atoms with Crippen molar-refractivity contribution in [1.29, 1.82) is 0 Å². The van der Waals surface area contributed by atoms with Crippen LogP contribution in [0.15, 0.2) is 30.3 Å². The first-order valence-corrected chi connectivity index (χ1v) is 7.29. The van der Waals surface area contributed by atoms with Gasteiger partial charge < -0.3 is 14.4 Å². The van der Waals surface area contributed by atoms with Crippen molar-refractivity contribution >= 4 is 23.5 Å². The SMILES string of the molecule is CCOC(=O)CCCN(C(=O)C(=O)OCC)c1ccccc1. The van der Waals surface area contributed by atoms with Gasteiger partial charge in [-0.1, -0.05) is 18.2 Å². The van der Waals surface area contributed by atoms with E-state index in [1.807, 2.05) is 6.07 Å². The summed E-state index contributed by atoms with van der Waals surface area (Å²) in [5.74, 6) is -1.96. The van der Waals surface area contributed by atoms with Crippen LogP contribution in [-0.2, 0) is 23.9 Å². The summed E-state index contributed by atoms with van der Waals surface area (Å²) in [4.78, 5) is 36.5. The number of rotatable bonds is 7. The van der Waals surface area contributed by atoms with E-state index >= 15 is 0 Å². The molecule has 0 unspecified atom stereocenters. The fraction of sp³-hybridized carbons (Fsp3) is 0.438. The second kappa shape index (κ2) is 9.55. The van der Waals surface area contributed by atoms with Gasteiger partial charge in [0.1, 0.15) is 0 Å². The Morgan fingerprint density at radius 3 is 2.23 bits per heavy atom. The molecule has 22 heavy (non-hydrogen) atoms. The quantitative estimate of drug-likeness (QED) is 0.568. The Morgan fingerprint density at radius 2 is 1.64 bits per heavy atom. The summed E-state index contributed by atoms with van der Waals surface area (Å²) < 4.78 is 9.59. The molecule has 120 valence electrons. The van der Waals surface area contributed by atoms with E-state index in [0.29, 0.717) is 18.7 Å². The van der Waals surface area contributed by atoms with E-state index in [4.69, 9.17) is 9.47 Å². The lowest BCUT2D eigenvalue weighted by atomic mass is 10.2. The maximum Gasteiger partial charge on any atom is 0.397 e. The van der Waals surface area contributed by atoms with E-state index in [-0.39, 0.29) is 25.5 Å². The van der Waals surface area contributed by atoms with Crippen molar-refractivity contribution in [1.82, 2.24) is 0 Å². The summed E-state index contributed by atoms with van der Waals surface area (Å²) in [5, 5.41) is 0. The topological polar surface area (TPSA) is 72.9 Å². The molecule has 0 aliphatic carbocycles. The number of para-hydroxylation sites is 1. The van der Waals surface area contributed by atoms with Crippen LogP contribution in [0, 0.1) is 0 Å². The number of amides is 1. The molecule has 0 fully saturated rings. The van der Waals surface area contributed by atoms with E-state index in [2.05, 4.69) is 0 Å². The molecule has 0 atom stereocenters. The third-order valence-electron chi connectivity index (χ3n) is 2.83. The fourth-order valence-electron chi connectivity index (χ4n) is 1.87. The van der Waals surface area contributed by atoms with Crippen molar-refractivity contribution in [2.75, 3.05) is 24.7 Å². The van der Waals surface area contributed by atoms with Crippen LogP contribution >= 0.6 is 0 Å². The molecule has 0 heterocycles. The molecule has 0 saturated carbocycles. The zero-order valence-electron chi connectivity index (χ0n) is 12.9. The molecule has 1 aromatic carbocycles. The van der Waals surface area contributed by atoms with Gasteiger partial charge in [-0.05, 0) is 32.4 Å². The van der Waals surface area contributed by atoms with Gasteiger partial charge in [-0.2, -0.15) is 0 Å². The number of nitrogens with zero attached hydrogens (tertiary/aromatic N) is 1. The number of ether oxygens (including phenoxy) is 2. The number of hydrogen-bond acceptors (Lipinski definition) is 5. The molecule has 0 aromatic heterocycles. The second-order valence-corrected chi connectivity index (χ2v) is 4.42. The van der Waals surface area contributed by atoms with Crippen LogP contribution in [0.1, 0.15) is 26.7 Å². The Bertz CT molecular complexity index is 501. The third-order valence-corrected chi connectivity index (χ3v) is 2.83. The minimum atomic E-state index is -0.900. The number of carbonyl (C=O) groups excluding carboxylic acids is 3. The number of benzene rings is 1. The Labute approximate surface area is 130 Å². The molecule has 0 bridgehead atoms. The van der Waals surface area contributed by atoms with E-state index in [0.717, 1.165) is 0 Å². The van der Waals surface area contributed by atoms with Crippen LogP contribution in [0.4, 0.5) is 5.69 Å². The smallest absolute Gasteiger partial charge is 0.397 e. The van der Waals surface area contributed by atoms with Crippen molar-refractivity contribution in [3.05, 3.63) is 30.3 Å². The normalized spacial score (nSPS) is 9.91. The number of carbonyl (C=O) groups is 3. The summed E-state index contributed by atoms with van der Waals surface area (Å²) in [6.45, 7) is 4.07. The Balaban J connectivity index is 2.73. The highest BCUT2D eigenvalue weighted by Crippen LogP contribution is 2.15. The van der Waals surface area contributed by atoms with Gasteiger partial charge in [0.2, 0.25) is 0 Å². The minimum Gasteiger partial charge on any atom is -0.466 e. The molecule has 1 amide bonds.